The fourth-order valence-corrected chi connectivity index (χ4v) is 3.15. The third-order valence-corrected chi connectivity index (χ3v) is 4.34. The number of aromatic nitrogens is 2. The van der Waals surface area contributed by atoms with E-state index in [9.17, 15) is 4.79 Å². The van der Waals surface area contributed by atoms with Crippen molar-refractivity contribution in [3.05, 3.63) is 76.1 Å². The summed E-state index contributed by atoms with van der Waals surface area (Å²) in [7, 11) is 0. The van der Waals surface area contributed by atoms with Crippen LogP contribution in [-0.4, -0.2) is 15.8 Å². The Morgan fingerprint density at radius 2 is 1.78 bits per heavy atom. The first kappa shape index (κ1) is 14.1. The van der Waals surface area contributed by atoms with Gasteiger partial charge in [0, 0.05) is 28.6 Å². The van der Waals surface area contributed by atoms with Gasteiger partial charge in [-0.3, -0.25) is 14.8 Å². The topological polar surface area (TPSA) is 42.9 Å². The number of nitrogens with zero attached hydrogens (tertiary/aromatic N) is 2. The summed E-state index contributed by atoms with van der Waals surface area (Å²) in [6.07, 6.45) is 6.86. The third-order valence-electron chi connectivity index (χ3n) is 4.10. The summed E-state index contributed by atoms with van der Waals surface area (Å²) in [6, 6.07) is 11.3. The second kappa shape index (κ2) is 5.60. The average Bonchev–Trinajstić information content (AvgIpc) is 2.57. The fourth-order valence-electron chi connectivity index (χ4n) is 2.96. The lowest BCUT2D eigenvalue weighted by atomic mass is 9.86. The molecule has 112 valence electrons. The van der Waals surface area contributed by atoms with Crippen molar-refractivity contribution in [3.63, 3.8) is 0 Å². The molecular formula is C19H13ClN2O. The van der Waals surface area contributed by atoms with Gasteiger partial charge in [-0.05, 0) is 60.4 Å². The molecule has 0 fully saturated rings. The Morgan fingerprint density at radius 1 is 0.957 bits per heavy atom. The van der Waals surface area contributed by atoms with Crippen molar-refractivity contribution in [1.29, 1.82) is 0 Å². The minimum atomic E-state index is 0.0853. The number of aryl methyl sites for hydroxylation is 1. The maximum Gasteiger partial charge on any atom is 0.189 e. The number of allylic oxidation sites excluding steroid dienone is 1. The molecule has 4 rings (SSSR count). The molecule has 1 aliphatic carbocycles. The van der Waals surface area contributed by atoms with Gasteiger partial charge in [0.25, 0.3) is 0 Å². The highest BCUT2D eigenvalue weighted by Gasteiger charge is 2.21. The van der Waals surface area contributed by atoms with Gasteiger partial charge in [-0.15, -0.1) is 0 Å². The number of fused-ring (bicyclic) bond motifs is 2. The number of benzene rings is 2. The molecule has 0 saturated heterocycles. The molecule has 0 atom stereocenters. The van der Waals surface area contributed by atoms with Crippen molar-refractivity contribution in [2.24, 2.45) is 0 Å². The van der Waals surface area contributed by atoms with Crippen molar-refractivity contribution < 1.29 is 4.79 Å². The van der Waals surface area contributed by atoms with Crippen LogP contribution >= 0.6 is 11.6 Å². The van der Waals surface area contributed by atoms with E-state index in [1.165, 1.54) is 0 Å². The lowest BCUT2D eigenvalue weighted by Crippen LogP contribution is -2.13. The first-order chi connectivity index (χ1) is 11.2. The van der Waals surface area contributed by atoms with E-state index in [1.54, 1.807) is 18.5 Å². The normalized spacial score (nSPS) is 15.9. The van der Waals surface area contributed by atoms with Gasteiger partial charge in [-0.1, -0.05) is 17.7 Å². The quantitative estimate of drug-likeness (QED) is 0.620. The van der Waals surface area contributed by atoms with E-state index in [1.807, 2.05) is 36.4 Å². The van der Waals surface area contributed by atoms with E-state index in [0.717, 1.165) is 46.1 Å². The minimum absolute atomic E-state index is 0.0853. The van der Waals surface area contributed by atoms with Gasteiger partial charge in [0.05, 0.1) is 11.0 Å². The Balaban J connectivity index is 1.73. The number of halogens is 1. The van der Waals surface area contributed by atoms with Gasteiger partial charge < -0.3 is 0 Å². The molecule has 1 heterocycles. The van der Waals surface area contributed by atoms with Crippen molar-refractivity contribution in [2.75, 3.05) is 0 Å². The van der Waals surface area contributed by atoms with Gasteiger partial charge in [-0.2, -0.15) is 0 Å². The van der Waals surface area contributed by atoms with Crippen molar-refractivity contribution in [1.82, 2.24) is 9.97 Å². The molecule has 1 aliphatic rings. The number of carbonyl (C=O) groups excluding carboxylic acids is 1. The Morgan fingerprint density at radius 3 is 2.65 bits per heavy atom. The van der Waals surface area contributed by atoms with E-state index < -0.39 is 0 Å². The lowest BCUT2D eigenvalue weighted by molar-refractivity contribution is 0.102. The Kier molecular flexibility index (Phi) is 3.43. The van der Waals surface area contributed by atoms with Crippen molar-refractivity contribution in [3.8, 4) is 0 Å². The second-order valence-electron chi connectivity index (χ2n) is 5.60. The van der Waals surface area contributed by atoms with Crippen LogP contribution in [0.5, 0.6) is 0 Å². The SMILES string of the molecule is O=C1/C(=C/c2ccc3nccnc3c2)CCc2cc(Cl)ccc21. The maximum atomic E-state index is 12.7. The molecule has 3 nitrogen and oxygen atoms in total. The summed E-state index contributed by atoms with van der Waals surface area (Å²) < 4.78 is 0. The molecule has 1 aromatic heterocycles. The molecular weight excluding hydrogens is 308 g/mol. The molecule has 0 aliphatic heterocycles. The van der Waals surface area contributed by atoms with Gasteiger partial charge in [0.15, 0.2) is 5.78 Å². The molecule has 23 heavy (non-hydrogen) atoms. The van der Waals surface area contributed by atoms with Gasteiger partial charge in [-0.25, -0.2) is 0 Å². The van der Waals surface area contributed by atoms with Crippen molar-refractivity contribution >= 4 is 34.5 Å². The van der Waals surface area contributed by atoms with Crippen LogP contribution in [0, 0.1) is 0 Å². The van der Waals surface area contributed by atoms with E-state index in [2.05, 4.69) is 9.97 Å². The summed E-state index contributed by atoms with van der Waals surface area (Å²) in [5.41, 5.74) is 5.26. The Hall–Kier alpha value is -2.52. The van der Waals surface area contributed by atoms with Crippen LogP contribution < -0.4 is 0 Å². The second-order valence-corrected chi connectivity index (χ2v) is 6.04. The number of hydrogen-bond acceptors (Lipinski definition) is 3. The molecule has 0 unspecified atom stereocenters. The lowest BCUT2D eigenvalue weighted by Gasteiger charge is -2.17. The zero-order valence-electron chi connectivity index (χ0n) is 12.3. The number of hydrogen-bond donors (Lipinski definition) is 0. The summed E-state index contributed by atoms with van der Waals surface area (Å²) in [5, 5.41) is 0.678. The van der Waals surface area contributed by atoms with Crippen LogP contribution in [0.4, 0.5) is 0 Å². The molecule has 0 spiro atoms. The molecule has 2 aromatic carbocycles. The first-order valence-corrected chi connectivity index (χ1v) is 7.83. The molecule has 0 saturated carbocycles. The first-order valence-electron chi connectivity index (χ1n) is 7.45. The Labute approximate surface area is 138 Å². The standard InChI is InChI=1S/C19H13ClN2O/c20-15-4-5-16-13(11-15)2-3-14(19(16)23)9-12-1-6-17-18(10-12)22-8-7-21-17/h1,4-11H,2-3H2/b14-9+. The predicted molar refractivity (Wildman–Crippen MR) is 91.6 cm³/mol. The van der Waals surface area contributed by atoms with Crippen LogP contribution in [0.3, 0.4) is 0 Å². The maximum absolute atomic E-state index is 12.7. The number of Topliss-reactive ketones (excluding diaryl/α,β-unsaturated/α-hetero) is 1. The van der Waals surface area contributed by atoms with Crippen LogP contribution in [0.1, 0.15) is 27.9 Å². The minimum Gasteiger partial charge on any atom is -0.289 e. The van der Waals surface area contributed by atoms with E-state index in [4.69, 9.17) is 11.6 Å². The summed E-state index contributed by atoms with van der Waals surface area (Å²) in [4.78, 5) is 21.2. The molecule has 4 heteroatoms. The van der Waals surface area contributed by atoms with Crippen LogP contribution in [-0.2, 0) is 6.42 Å². The predicted octanol–water partition coefficient (Wildman–Crippen LogP) is 4.50. The molecule has 0 radical (unpaired) electrons. The van der Waals surface area contributed by atoms with Crippen LogP contribution in [0.15, 0.2) is 54.4 Å². The van der Waals surface area contributed by atoms with Crippen LogP contribution in [0.2, 0.25) is 5.02 Å². The third kappa shape index (κ3) is 2.64. The van der Waals surface area contributed by atoms with Crippen molar-refractivity contribution in [2.45, 2.75) is 12.8 Å². The summed E-state index contributed by atoms with van der Waals surface area (Å²) >= 11 is 6.01. The van der Waals surface area contributed by atoms with Gasteiger partial charge >= 0.3 is 0 Å². The van der Waals surface area contributed by atoms with Gasteiger partial charge in [0.1, 0.15) is 0 Å². The van der Waals surface area contributed by atoms with E-state index >= 15 is 0 Å². The monoisotopic (exact) mass is 320 g/mol. The van der Waals surface area contributed by atoms with Crippen LogP contribution in [0.25, 0.3) is 17.1 Å². The van der Waals surface area contributed by atoms with Gasteiger partial charge in [0.2, 0.25) is 0 Å². The highest BCUT2D eigenvalue weighted by molar-refractivity contribution is 6.31. The average molecular weight is 321 g/mol. The smallest absolute Gasteiger partial charge is 0.189 e. The highest BCUT2D eigenvalue weighted by Crippen LogP contribution is 2.29. The zero-order chi connectivity index (χ0) is 15.8. The van der Waals surface area contributed by atoms with E-state index in [-0.39, 0.29) is 5.78 Å². The fraction of sp³-hybridized carbons (Fsp3) is 0.105. The molecule has 0 bridgehead atoms. The summed E-state index contributed by atoms with van der Waals surface area (Å²) in [5.74, 6) is 0.0853. The number of ketones is 1. The summed E-state index contributed by atoms with van der Waals surface area (Å²) in [6.45, 7) is 0. The molecule has 3 aromatic rings. The Bertz CT molecular complexity index is 962. The molecule has 0 amide bonds. The highest BCUT2D eigenvalue weighted by atomic mass is 35.5. The number of rotatable bonds is 1. The largest absolute Gasteiger partial charge is 0.289 e. The number of carbonyl (C=O) groups is 1. The molecule has 0 N–H and O–H groups in total. The van der Waals surface area contributed by atoms with E-state index in [0.29, 0.717) is 5.02 Å². The zero-order valence-corrected chi connectivity index (χ0v) is 13.0.